The molecule has 166 valence electrons. The smallest absolute Gasteiger partial charge is 0.337 e. The van der Waals surface area contributed by atoms with Crippen molar-refractivity contribution in [1.29, 1.82) is 0 Å². The van der Waals surface area contributed by atoms with Crippen molar-refractivity contribution in [2.24, 2.45) is 0 Å². The van der Waals surface area contributed by atoms with E-state index in [2.05, 4.69) is 16.6 Å². The van der Waals surface area contributed by atoms with Gasteiger partial charge in [-0.2, -0.15) is 0 Å². The lowest BCUT2D eigenvalue weighted by Crippen LogP contribution is -2.20. The number of carbonyl (C=O) groups excluding carboxylic acids is 1. The molecular formula is C24H24N2O6. The lowest BCUT2D eigenvalue weighted by atomic mass is 10.1. The first-order chi connectivity index (χ1) is 15.5. The highest BCUT2D eigenvalue weighted by Crippen LogP contribution is 2.41. The van der Waals surface area contributed by atoms with E-state index >= 15 is 0 Å². The number of carboxylic acids is 1. The Balaban J connectivity index is 1.87. The summed E-state index contributed by atoms with van der Waals surface area (Å²) in [7, 11) is 1.50. The number of amides is 1. The number of carboxylic acid groups (broad SMARTS) is 1. The molecule has 1 saturated heterocycles. The van der Waals surface area contributed by atoms with E-state index in [-0.39, 0.29) is 24.0 Å². The fourth-order valence-corrected chi connectivity index (χ4v) is 3.25. The Morgan fingerprint density at radius 1 is 1.28 bits per heavy atom. The Labute approximate surface area is 186 Å². The maximum Gasteiger partial charge on any atom is 0.337 e. The van der Waals surface area contributed by atoms with Crippen molar-refractivity contribution in [3.05, 3.63) is 53.6 Å². The number of carbonyl (C=O) groups is 2. The number of terminal acetylenes is 1. The Kier molecular flexibility index (Phi) is 7.73. The van der Waals surface area contributed by atoms with Crippen LogP contribution in [0.2, 0.25) is 0 Å². The third kappa shape index (κ3) is 5.59. The summed E-state index contributed by atoms with van der Waals surface area (Å²) in [6.07, 6.45) is 8.94. The third-order valence-electron chi connectivity index (χ3n) is 4.75. The standard InChI is InChI=1S/C24H24N2O6/c1-3-14-31-20-10-8-16(22(23(20)30-2)32-17-12-13-25-15-17)9-11-21(27)26-19-7-5-4-6-18(19)24(28)29/h1,4-11,17,25H,12-15H2,2H3,(H,26,27)(H,28,29)/b11-9+. The molecular weight excluding hydrogens is 412 g/mol. The quantitative estimate of drug-likeness (QED) is 0.410. The normalized spacial score (nSPS) is 15.2. The highest BCUT2D eigenvalue weighted by molar-refractivity contribution is 6.06. The van der Waals surface area contributed by atoms with E-state index in [9.17, 15) is 14.7 Å². The molecule has 0 saturated carbocycles. The van der Waals surface area contributed by atoms with Gasteiger partial charge in [-0.05, 0) is 43.3 Å². The monoisotopic (exact) mass is 436 g/mol. The van der Waals surface area contributed by atoms with Gasteiger partial charge in [-0.1, -0.05) is 18.1 Å². The zero-order chi connectivity index (χ0) is 22.9. The molecule has 0 aliphatic carbocycles. The molecule has 32 heavy (non-hydrogen) atoms. The van der Waals surface area contributed by atoms with Crippen LogP contribution in [0.5, 0.6) is 17.2 Å². The van der Waals surface area contributed by atoms with E-state index in [4.69, 9.17) is 20.6 Å². The van der Waals surface area contributed by atoms with Gasteiger partial charge in [0.2, 0.25) is 11.7 Å². The minimum absolute atomic E-state index is 0.00342. The summed E-state index contributed by atoms with van der Waals surface area (Å²) in [5.74, 6) is 2.05. The summed E-state index contributed by atoms with van der Waals surface area (Å²) in [5, 5.41) is 15.1. The van der Waals surface area contributed by atoms with Crippen LogP contribution in [0.3, 0.4) is 0 Å². The molecule has 3 N–H and O–H groups in total. The molecule has 1 unspecified atom stereocenters. The number of hydrogen-bond acceptors (Lipinski definition) is 6. The molecule has 2 aromatic rings. The fourth-order valence-electron chi connectivity index (χ4n) is 3.25. The predicted octanol–water partition coefficient (Wildman–Crippen LogP) is 2.80. The van der Waals surface area contributed by atoms with E-state index in [1.54, 1.807) is 30.3 Å². The van der Waals surface area contributed by atoms with E-state index < -0.39 is 11.9 Å². The molecule has 1 amide bonds. The number of anilines is 1. The van der Waals surface area contributed by atoms with Gasteiger partial charge >= 0.3 is 5.97 Å². The van der Waals surface area contributed by atoms with Gasteiger partial charge < -0.3 is 30.0 Å². The van der Waals surface area contributed by atoms with Gasteiger partial charge in [-0.15, -0.1) is 6.42 Å². The first kappa shape index (κ1) is 22.7. The molecule has 0 spiro atoms. The molecule has 1 heterocycles. The number of benzene rings is 2. The zero-order valence-electron chi connectivity index (χ0n) is 17.6. The zero-order valence-corrected chi connectivity index (χ0v) is 17.6. The highest BCUT2D eigenvalue weighted by atomic mass is 16.5. The largest absolute Gasteiger partial charge is 0.490 e. The molecule has 1 fully saturated rings. The minimum atomic E-state index is -1.13. The first-order valence-corrected chi connectivity index (χ1v) is 9.99. The Hall–Kier alpha value is -3.96. The van der Waals surface area contributed by atoms with Gasteiger partial charge in [0.15, 0.2) is 11.5 Å². The molecule has 0 bridgehead atoms. The Morgan fingerprint density at radius 3 is 2.78 bits per heavy atom. The van der Waals surface area contributed by atoms with Gasteiger partial charge in [0.1, 0.15) is 12.7 Å². The molecule has 3 rings (SSSR count). The molecule has 1 atom stereocenters. The average Bonchev–Trinajstić information content (AvgIpc) is 3.30. The third-order valence-corrected chi connectivity index (χ3v) is 4.75. The maximum atomic E-state index is 12.5. The molecule has 8 heteroatoms. The molecule has 2 aromatic carbocycles. The summed E-state index contributed by atoms with van der Waals surface area (Å²) in [5.41, 5.74) is 0.811. The second-order valence-electron chi connectivity index (χ2n) is 6.91. The molecule has 8 nitrogen and oxygen atoms in total. The van der Waals surface area contributed by atoms with Crippen molar-refractivity contribution < 1.29 is 28.9 Å². The van der Waals surface area contributed by atoms with Crippen molar-refractivity contribution in [3.8, 4) is 29.6 Å². The van der Waals surface area contributed by atoms with Crippen molar-refractivity contribution >= 4 is 23.6 Å². The van der Waals surface area contributed by atoms with E-state index in [0.29, 0.717) is 29.4 Å². The SMILES string of the molecule is C#CCOc1ccc(/C=C/C(=O)Nc2ccccc2C(=O)O)c(OC2CCNC2)c1OC. The average molecular weight is 436 g/mol. The summed E-state index contributed by atoms with van der Waals surface area (Å²) in [6, 6.07) is 9.61. The van der Waals surface area contributed by atoms with Gasteiger partial charge in [0.05, 0.1) is 18.4 Å². The lowest BCUT2D eigenvalue weighted by Gasteiger charge is -2.20. The van der Waals surface area contributed by atoms with Crippen molar-refractivity contribution in [3.63, 3.8) is 0 Å². The molecule has 0 radical (unpaired) electrons. The Bertz CT molecular complexity index is 1050. The van der Waals surface area contributed by atoms with Crippen molar-refractivity contribution in [1.82, 2.24) is 5.32 Å². The van der Waals surface area contributed by atoms with Gasteiger partial charge in [-0.3, -0.25) is 4.79 Å². The fraction of sp³-hybridized carbons (Fsp3) is 0.250. The number of ether oxygens (including phenoxy) is 3. The van der Waals surface area contributed by atoms with Gasteiger partial charge in [0, 0.05) is 18.2 Å². The Morgan fingerprint density at radius 2 is 2.09 bits per heavy atom. The van der Waals surface area contributed by atoms with E-state index in [1.807, 2.05) is 0 Å². The predicted molar refractivity (Wildman–Crippen MR) is 120 cm³/mol. The summed E-state index contributed by atoms with van der Waals surface area (Å²) >= 11 is 0. The number of hydrogen-bond donors (Lipinski definition) is 3. The number of methoxy groups -OCH3 is 1. The van der Waals surface area contributed by atoms with E-state index in [1.165, 1.54) is 25.3 Å². The van der Waals surface area contributed by atoms with Crippen molar-refractivity contribution in [2.45, 2.75) is 12.5 Å². The van der Waals surface area contributed by atoms with Crippen LogP contribution in [-0.4, -0.2) is 49.9 Å². The van der Waals surface area contributed by atoms with Crippen LogP contribution >= 0.6 is 0 Å². The number of rotatable bonds is 9. The van der Waals surface area contributed by atoms with Gasteiger partial charge in [-0.25, -0.2) is 4.79 Å². The van der Waals surface area contributed by atoms with Crippen LogP contribution < -0.4 is 24.8 Å². The first-order valence-electron chi connectivity index (χ1n) is 9.99. The minimum Gasteiger partial charge on any atom is -0.490 e. The van der Waals surface area contributed by atoms with Crippen LogP contribution in [0.25, 0.3) is 6.08 Å². The molecule has 0 aromatic heterocycles. The van der Waals surface area contributed by atoms with Gasteiger partial charge in [0.25, 0.3) is 0 Å². The number of aromatic carboxylic acids is 1. The van der Waals surface area contributed by atoms with E-state index in [0.717, 1.165) is 13.0 Å². The maximum absolute atomic E-state index is 12.5. The topological polar surface area (TPSA) is 106 Å². The second kappa shape index (κ2) is 10.9. The summed E-state index contributed by atoms with van der Waals surface area (Å²) in [6.45, 7) is 1.60. The van der Waals surface area contributed by atoms with Crippen molar-refractivity contribution in [2.75, 3.05) is 32.1 Å². The van der Waals surface area contributed by atoms with Crippen LogP contribution in [0.15, 0.2) is 42.5 Å². The van der Waals surface area contributed by atoms with Crippen LogP contribution in [0.1, 0.15) is 22.3 Å². The molecule has 1 aliphatic rings. The summed E-state index contributed by atoms with van der Waals surface area (Å²) in [4.78, 5) is 23.8. The number of nitrogens with one attached hydrogen (secondary N) is 2. The van der Waals surface area contributed by atoms with Crippen LogP contribution in [-0.2, 0) is 4.79 Å². The lowest BCUT2D eigenvalue weighted by molar-refractivity contribution is -0.111. The molecule has 1 aliphatic heterocycles. The van der Waals surface area contributed by atoms with Crippen LogP contribution in [0, 0.1) is 12.3 Å². The second-order valence-corrected chi connectivity index (χ2v) is 6.91. The number of para-hydroxylation sites is 1. The highest BCUT2D eigenvalue weighted by Gasteiger charge is 2.22. The summed E-state index contributed by atoms with van der Waals surface area (Å²) < 4.78 is 17.3. The van der Waals surface area contributed by atoms with Crippen LogP contribution in [0.4, 0.5) is 5.69 Å².